The summed E-state index contributed by atoms with van der Waals surface area (Å²) >= 11 is 12.4. The minimum absolute atomic E-state index is 0.195. The van der Waals surface area contributed by atoms with E-state index in [9.17, 15) is 4.39 Å². The molecule has 1 atom stereocenters. The van der Waals surface area contributed by atoms with Crippen molar-refractivity contribution in [1.82, 2.24) is 0 Å². The van der Waals surface area contributed by atoms with Gasteiger partial charge in [-0.3, -0.25) is 0 Å². The molecule has 3 heteroatoms. The van der Waals surface area contributed by atoms with Crippen molar-refractivity contribution < 1.29 is 4.39 Å². The molecule has 1 rings (SSSR count). The Bertz CT molecular complexity index is 388. The van der Waals surface area contributed by atoms with Gasteiger partial charge in [0.15, 0.2) is 0 Å². The number of halogens is 3. The third kappa shape index (κ3) is 4.36. The summed E-state index contributed by atoms with van der Waals surface area (Å²) in [5, 5.41) is 0. The molecule has 0 aliphatic heterocycles. The van der Waals surface area contributed by atoms with Crippen molar-refractivity contribution in [2.24, 2.45) is 5.92 Å². The van der Waals surface area contributed by atoms with Crippen molar-refractivity contribution in [3.63, 3.8) is 0 Å². The van der Waals surface area contributed by atoms with Crippen LogP contribution in [0.2, 0.25) is 0 Å². The van der Waals surface area contributed by atoms with Gasteiger partial charge in [0.2, 0.25) is 0 Å². The first-order chi connectivity index (χ1) is 9.63. The predicted octanol–water partition coefficient (Wildman–Crippen LogP) is 6.15. The summed E-state index contributed by atoms with van der Waals surface area (Å²) in [7, 11) is 0. The van der Waals surface area contributed by atoms with Gasteiger partial charge in [0.05, 0.1) is 0 Å². The maximum atomic E-state index is 14.1. The lowest BCUT2D eigenvalue weighted by molar-refractivity contribution is 0.326. The molecule has 0 aromatic heterocycles. The summed E-state index contributed by atoms with van der Waals surface area (Å²) in [4.78, 5) is 0. The van der Waals surface area contributed by atoms with E-state index in [1.54, 1.807) is 6.07 Å². The maximum Gasteiger partial charge on any atom is 0.127 e. The third-order valence-electron chi connectivity index (χ3n) is 4.18. The molecule has 114 valence electrons. The summed E-state index contributed by atoms with van der Waals surface area (Å²) in [5.41, 5.74) is 0.211. The molecule has 0 heterocycles. The van der Waals surface area contributed by atoms with Gasteiger partial charge in [-0.05, 0) is 24.0 Å². The lowest BCUT2D eigenvalue weighted by Gasteiger charge is -2.34. The number of unbranched alkanes of at least 4 members (excludes halogenated alkanes) is 1. The fraction of sp³-hybridized carbons (Fsp3) is 0.647. The summed E-state index contributed by atoms with van der Waals surface area (Å²) in [6.45, 7) is 4.38. The zero-order valence-electron chi connectivity index (χ0n) is 12.5. The molecular weight excluding hydrogens is 294 g/mol. The Morgan fingerprint density at radius 2 is 1.80 bits per heavy atom. The van der Waals surface area contributed by atoms with Crippen LogP contribution in [0.25, 0.3) is 0 Å². The molecule has 0 saturated heterocycles. The summed E-state index contributed by atoms with van der Waals surface area (Å²) in [5.74, 6) is 1.08. The van der Waals surface area contributed by atoms with Crippen LogP contribution in [0.1, 0.15) is 51.5 Å². The maximum absolute atomic E-state index is 14.1. The van der Waals surface area contributed by atoms with Gasteiger partial charge in [0, 0.05) is 17.2 Å². The minimum Gasteiger partial charge on any atom is -0.207 e. The Balaban J connectivity index is 2.99. The fourth-order valence-corrected chi connectivity index (χ4v) is 3.58. The van der Waals surface area contributed by atoms with E-state index < -0.39 is 5.41 Å². The Kier molecular flexibility index (Phi) is 7.91. The first-order valence-corrected chi connectivity index (χ1v) is 8.57. The molecule has 0 bridgehead atoms. The average molecular weight is 319 g/mol. The van der Waals surface area contributed by atoms with Crippen LogP contribution in [0, 0.1) is 11.7 Å². The normalized spacial score (nSPS) is 13.4. The molecule has 1 unspecified atom stereocenters. The van der Waals surface area contributed by atoms with Crippen LogP contribution >= 0.6 is 23.2 Å². The quantitative estimate of drug-likeness (QED) is 0.479. The van der Waals surface area contributed by atoms with Gasteiger partial charge in [-0.1, -0.05) is 57.7 Å². The first kappa shape index (κ1) is 17.8. The lowest BCUT2D eigenvalue weighted by Crippen LogP contribution is -2.34. The van der Waals surface area contributed by atoms with Gasteiger partial charge in [-0.15, -0.1) is 23.2 Å². The number of rotatable bonds is 9. The van der Waals surface area contributed by atoms with E-state index >= 15 is 0 Å². The van der Waals surface area contributed by atoms with Crippen molar-refractivity contribution in [2.75, 3.05) is 11.8 Å². The molecule has 0 amide bonds. The van der Waals surface area contributed by atoms with Crippen molar-refractivity contribution >= 4 is 23.2 Å². The first-order valence-electron chi connectivity index (χ1n) is 7.50. The summed E-state index contributed by atoms with van der Waals surface area (Å²) in [6, 6.07) is 6.89. The zero-order chi connectivity index (χ0) is 15.0. The number of hydrogen-bond acceptors (Lipinski definition) is 0. The van der Waals surface area contributed by atoms with Crippen molar-refractivity contribution in [1.29, 1.82) is 0 Å². The van der Waals surface area contributed by atoms with Gasteiger partial charge >= 0.3 is 0 Å². The molecule has 0 aliphatic carbocycles. The van der Waals surface area contributed by atoms with E-state index in [0.29, 0.717) is 23.2 Å². The highest BCUT2D eigenvalue weighted by molar-refractivity contribution is 6.22. The second kappa shape index (κ2) is 8.89. The second-order valence-electron chi connectivity index (χ2n) is 5.65. The number of hydrogen-bond donors (Lipinski definition) is 0. The molecule has 0 radical (unpaired) electrons. The van der Waals surface area contributed by atoms with E-state index in [0.717, 1.165) is 19.3 Å². The molecule has 1 aromatic rings. The minimum atomic E-state index is -0.455. The van der Waals surface area contributed by atoms with Gasteiger partial charge in [-0.25, -0.2) is 4.39 Å². The molecule has 0 aliphatic rings. The summed E-state index contributed by atoms with van der Waals surface area (Å²) < 4.78 is 14.1. The Morgan fingerprint density at radius 1 is 1.15 bits per heavy atom. The predicted molar refractivity (Wildman–Crippen MR) is 87.4 cm³/mol. The standard InChI is InChI=1S/C17H25Cl2F/c1-3-5-8-14(4-2)11-17(12-18,13-19)15-9-6-7-10-16(15)20/h6-7,9-10,14H,3-5,8,11-13H2,1-2H3. The van der Waals surface area contributed by atoms with Crippen LogP contribution in [0.15, 0.2) is 24.3 Å². The molecule has 20 heavy (non-hydrogen) atoms. The van der Waals surface area contributed by atoms with Gasteiger partial charge in [-0.2, -0.15) is 0 Å². The molecule has 0 nitrogen and oxygen atoms in total. The molecule has 1 aromatic carbocycles. The lowest BCUT2D eigenvalue weighted by atomic mass is 9.74. The van der Waals surface area contributed by atoms with Crippen molar-refractivity contribution in [2.45, 2.75) is 51.4 Å². The van der Waals surface area contributed by atoms with Crippen LogP contribution < -0.4 is 0 Å². The molecule has 0 saturated carbocycles. The van der Waals surface area contributed by atoms with Crippen LogP contribution in [-0.4, -0.2) is 11.8 Å². The van der Waals surface area contributed by atoms with Crippen molar-refractivity contribution in [3.05, 3.63) is 35.6 Å². The van der Waals surface area contributed by atoms with Crippen LogP contribution in [-0.2, 0) is 5.41 Å². The molecule has 0 spiro atoms. The Morgan fingerprint density at radius 3 is 2.30 bits per heavy atom. The van der Waals surface area contributed by atoms with Gasteiger partial charge in [0.25, 0.3) is 0 Å². The Labute approximate surface area is 132 Å². The summed E-state index contributed by atoms with van der Waals surface area (Å²) in [6.07, 6.45) is 5.50. The highest BCUT2D eigenvalue weighted by Gasteiger charge is 2.35. The fourth-order valence-electron chi connectivity index (χ4n) is 2.79. The molecular formula is C17H25Cl2F. The smallest absolute Gasteiger partial charge is 0.127 e. The van der Waals surface area contributed by atoms with Gasteiger partial charge < -0.3 is 0 Å². The molecule has 0 fully saturated rings. The monoisotopic (exact) mass is 318 g/mol. The second-order valence-corrected chi connectivity index (χ2v) is 6.18. The Hall–Kier alpha value is -0.270. The van der Waals surface area contributed by atoms with E-state index in [-0.39, 0.29) is 5.82 Å². The van der Waals surface area contributed by atoms with E-state index in [1.807, 2.05) is 12.1 Å². The SMILES string of the molecule is CCCCC(CC)CC(CCl)(CCl)c1ccccc1F. The van der Waals surface area contributed by atoms with E-state index in [1.165, 1.54) is 18.9 Å². The molecule has 0 N–H and O–H groups in total. The average Bonchev–Trinajstić information content (AvgIpc) is 2.49. The topological polar surface area (TPSA) is 0 Å². The van der Waals surface area contributed by atoms with Crippen LogP contribution in [0.5, 0.6) is 0 Å². The van der Waals surface area contributed by atoms with Gasteiger partial charge in [0.1, 0.15) is 5.82 Å². The highest BCUT2D eigenvalue weighted by atomic mass is 35.5. The number of benzene rings is 1. The number of alkyl halides is 2. The van der Waals surface area contributed by atoms with E-state index in [2.05, 4.69) is 13.8 Å². The van der Waals surface area contributed by atoms with Crippen LogP contribution in [0.3, 0.4) is 0 Å². The van der Waals surface area contributed by atoms with E-state index in [4.69, 9.17) is 23.2 Å². The van der Waals surface area contributed by atoms with Crippen LogP contribution in [0.4, 0.5) is 4.39 Å². The highest BCUT2D eigenvalue weighted by Crippen LogP contribution is 2.38. The largest absolute Gasteiger partial charge is 0.207 e. The van der Waals surface area contributed by atoms with Crippen molar-refractivity contribution in [3.8, 4) is 0 Å². The third-order valence-corrected chi connectivity index (χ3v) is 5.20. The zero-order valence-corrected chi connectivity index (χ0v) is 14.0.